The first-order valence-electron chi connectivity index (χ1n) is 7.54. The van der Waals surface area contributed by atoms with Gasteiger partial charge in [0.05, 0.1) is 11.5 Å². The summed E-state index contributed by atoms with van der Waals surface area (Å²) in [4.78, 5) is 12.4. The van der Waals surface area contributed by atoms with Gasteiger partial charge in [-0.25, -0.2) is 0 Å². The summed E-state index contributed by atoms with van der Waals surface area (Å²) in [6.07, 6.45) is -4.16. The summed E-state index contributed by atoms with van der Waals surface area (Å²) in [5, 5.41) is 9.42. The number of guanidine groups is 1. The summed E-state index contributed by atoms with van der Waals surface area (Å²) >= 11 is 0. The number of amides is 1. The van der Waals surface area contributed by atoms with Crippen molar-refractivity contribution in [3.63, 3.8) is 0 Å². The van der Waals surface area contributed by atoms with Crippen LogP contribution >= 0.6 is 0 Å². The number of aryl methyl sites for hydroxylation is 1. The molecule has 1 atom stereocenters. The van der Waals surface area contributed by atoms with Gasteiger partial charge in [0.15, 0.2) is 5.96 Å². The lowest BCUT2D eigenvalue weighted by molar-refractivity contribution is -0.137. The van der Waals surface area contributed by atoms with Crippen molar-refractivity contribution in [1.82, 2.24) is 5.32 Å². The molecule has 132 valence electrons. The topological polar surface area (TPSA) is 79.0 Å². The molecule has 2 aromatic carbocycles. The fourth-order valence-electron chi connectivity index (χ4n) is 2.45. The van der Waals surface area contributed by atoms with Crippen molar-refractivity contribution >= 4 is 11.9 Å². The maximum Gasteiger partial charge on any atom is 0.416 e. The number of alkyl halides is 3. The number of carbonyl (C=O) groups excluding carboxylic acids is 1. The molecule has 0 unspecified atom stereocenters. The molecular weight excluding hydrogens is 331 g/mol. The van der Waals surface area contributed by atoms with Gasteiger partial charge in [-0.1, -0.05) is 42.0 Å². The first-order valence-corrected chi connectivity index (χ1v) is 7.54. The second-order valence-corrected chi connectivity index (χ2v) is 5.77. The van der Waals surface area contributed by atoms with Crippen molar-refractivity contribution < 1.29 is 18.0 Å². The zero-order valence-corrected chi connectivity index (χ0v) is 13.5. The van der Waals surface area contributed by atoms with E-state index in [1.54, 1.807) is 0 Å². The largest absolute Gasteiger partial charge is 0.416 e. The fraction of sp³-hybridized carbons (Fsp3) is 0.222. The summed E-state index contributed by atoms with van der Waals surface area (Å²) in [5.74, 6) is -1.80. The standard InChI is InChI=1S/C18H18F3N3O/c1-11-2-4-12(5-3-11)10-15(16(25)24-17(22)23)13-6-8-14(9-7-13)18(19,20)21/h2-9,15H,10H2,1H3,(H4,22,23,24,25)/t15-/m1/s1. The van der Waals surface area contributed by atoms with Gasteiger partial charge < -0.3 is 5.73 Å². The monoisotopic (exact) mass is 349 g/mol. The van der Waals surface area contributed by atoms with Gasteiger partial charge in [0, 0.05) is 0 Å². The Labute approximate surface area is 143 Å². The van der Waals surface area contributed by atoms with Gasteiger partial charge in [0.25, 0.3) is 0 Å². The lowest BCUT2D eigenvalue weighted by Gasteiger charge is -2.18. The zero-order chi connectivity index (χ0) is 18.6. The van der Waals surface area contributed by atoms with Crippen molar-refractivity contribution in [2.75, 3.05) is 0 Å². The molecule has 0 radical (unpaired) electrons. The maximum atomic E-state index is 12.7. The summed E-state index contributed by atoms with van der Waals surface area (Å²) < 4.78 is 38.1. The van der Waals surface area contributed by atoms with Crippen LogP contribution in [0.15, 0.2) is 48.5 Å². The molecule has 0 aliphatic heterocycles. The van der Waals surface area contributed by atoms with Gasteiger partial charge in [-0.3, -0.25) is 15.5 Å². The fourth-order valence-corrected chi connectivity index (χ4v) is 2.45. The molecule has 4 N–H and O–H groups in total. The van der Waals surface area contributed by atoms with Crippen LogP contribution in [0.2, 0.25) is 0 Å². The normalized spacial score (nSPS) is 12.5. The van der Waals surface area contributed by atoms with Gasteiger partial charge in [0.2, 0.25) is 5.91 Å². The third-order valence-corrected chi connectivity index (χ3v) is 3.78. The van der Waals surface area contributed by atoms with E-state index < -0.39 is 29.5 Å². The van der Waals surface area contributed by atoms with Crippen LogP contribution in [0.1, 0.15) is 28.2 Å². The van der Waals surface area contributed by atoms with E-state index in [2.05, 4.69) is 5.32 Å². The van der Waals surface area contributed by atoms with Gasteiger partial charge in [-0.2, -0.15) is 13.2 Å². The Hall–Kier alpha value is -2.83. The van der Waals surface area contributed by atoms with E-state index in [4.69, 9.17) is 11.1 Å². The number of hydrogen-bond acceptors (Lipinski definition) is 2. The van der Waals surface area contributed by atoms with E-state index >= 15 is 0 Å². The number of rotatable bonds is 4. The van der Waals surface area contributed by atoms with Gasteiger partial charge in [-0.15, -0.1) is 0 Å². The third kappa shape index (κ3) is 5.07. The first-order chi connectivity index (χ1) is 11.7. The average molecular weight is 349 g/mol. The highest BCUT2D eigenvalue weighted by molar-refractivity contribution is 5.98. The van der Waals surface area contributed by atoms with Crippen molar-refractivity contribution in [2.24, 2.45) is 5.73 Å². The summed E-state index contributed by atoms with van der Waals surface area (Å²) in [5.41, 5.74) is 6.76. The SMILES string of the molecule is Cc1ccc(C[C@@H](C(=O)NC(=N)N)c2ccc(C(F)(F)F)cc2)cc1. The van der Waals surface area contributed by atoms with Crippen LogP contribution < -0.4 is 11.1 Å². The second-order valence-electron chi connectivity index (χ2n) is 5.77. The molecule has 0 heterocycles. The number of halogens is 3. The average Bonchev–Trinajstić information content (AvgIpc) is 2.53. The Morgan fingerprint density at radius 2 is 1.68 bits per heavy atom. The number of nitrogens with two attached hydrogens (primary N) is 1. The lowest BCUT2D eigenvalue weighted by Crippen LogP contribution is -2.39. The molecule has 7 heteroatoms. The van der Waals surface area contributed by atoms with E-state index in [1.807, 2.05) is 31.2 Å². The van der Waals surface area contributed by atoms with E-state index in [1.165, 1.54) is 12.1 Å². The van der Waals surface area contributed by atoms with Crippen LogP contribution in [0.3, 0.4) is 0 Å². The van der Waals surface area contributed by atoms with Gasteiger partial charge in [-0.05, 0) is 36.6 Å². The number of benzene rings is 2. The molecule has 0 saturated carbocycles. The predicted octanol–water partition coefficient (Wildman–Crippen LogP) is 3.35. The Morgan fingerprint density at radius 3 is 2.16 bits per heavy atom. The van der Waals surface area contributed by atoms with E-state index in [0.29, 0.717) is 5.56 Å². The molecular formula is C18H18F3N3O. The summed E-state index contributed by atoms with van der Waals surface area (Å²) in [6, 6.07) is 11.9. The summed E-state index contributed by atoms with van der Waals surface area (Å²) in [7, 11) is 0. The molecule has 0 bridgehead atoms. The minimum atomic E-state index is -4.44. The molecule has 0 aliphatic carbocycles. The van der Waals surface area contributed by atoms with Crippen LogP contribution in [0.5, 0.6) is 0 Å². The van der Waals surface area contributed by atoms with Gasteiger partial charge in [0.1, 0.15) is 0 Å². The molecule has 2 aromatic rings. The van der Waals surface area contributed by atoms with Crippen LogP contribution in [-0.4, -0.2) is 11.9 Å². The predicted molar refractivity (Wildman–Crippen MR) is 89.1 cm³/mol. The van der Waals surface area contributed by atoms with E-state index in [9.17, 15) is 18.0 Å². The smallest absolute Gasteiger partial charge is 0.370 e. The minimum absolute atomic E-state index is 0.282. The molecule has 0 fully saturated rings. The number of carbonyl (C=O) groups is 1. The lowest BCUT2D eigenvalue weighted by atomic mass is 9.90. The van der Waals surface area contributed by atoms with Crippen molar-refractivity contribution in [2.45, 2.75) is 25.4 Å². The highest BCUT2D eigenvalue weighted by atomic mass is 19.4. The highest BCUT2D eigenvalue weighted by Crippen LogP contribution is 2.31. The van der Waals surface area contributed by atoms with Gasteiger partial charge >= 0.3 is 6.18 Å². The second kappa shape index (κ2) is 7.38. The van der Waals surface area contributed by atoms with Crippen molar-refractivity contribution in [1.29, 1.82) is 5.41 Å². The van der Waals surface area contributed by atoms with Crippen LogP contribution in [-0.2, 0) is 17.4 Å². The van der Waals surface area contributed by atoms with E-state index in [-0.39, 0.29) is 6.42 Å². The van der Waals surface area contributed by atoms with Crippen molar-refractivity contribution in [3.8, 4) is 0 Å². The third-order valence-electron chi connectivity index (χ3n) is 3.78. The molecule has 2 rings (SSSR count). The first kappa shape index (κ1) is 18.5. The molecule has 0 aliphatic rings. The quantitative estimate of drug-likeness (QED) is 0.585. The molecule has 1 amide bonds. The van der Waals surface area contributed by atoms with Crippen molar-refractivity contribution in [3.05, 3.63) is 70.8 Å². The molecule has 25 heavy (non-hydrogen) atoms. The Balaban J connectivity index is 2.31. The summed E-state index contributed by atoms with van der Waals surface area (Å²) in [6.45, 7) is 1.93. The van der Waals surface area contributed by atoms with Crippen LogP contribution in [0, 0.1) is 12.3 Å². The highest BCUT2D eigenvalue weighted by Gasteiger charge is 2.31. The molecule has 0 aromatic heterocycles. The number of hydrogen-bond donors (Lipinski definition) is 3. The van der Waals surface area contributed by atoms with Crippen LogP contribution in [0.25, 0.3) is 0 Å². The van der Waals surface area contributed by atoms with Crippen LogP contribution in [0.4, 0.5) is 13.2 Å². The zero-order valence-electron chi connectivity index (χ0n) is 13.5. The molecule has 0 saturated heterocycles. The maximum absolute atomic E-state index is 12.7. The number of nitrogens with one attached hydrogen (secondary N) is 2. The van der Waals surface area contributed by atoms with E-state index in [0.717, 1.165) is 23.3 Å². The Kier molecular flexibility index (Phi) is 5.46. The Morgan fingerprint density at radius 1 is 1.12 bits per heavy atom. The molecule has 4 nitrogen and oxygen atoms in total. The Bertz CT molecular complexity index is 753. The minimum Gasteiger partial charge on any atom is -0.370 e. The molecule has 0 spiro atoms.